The molecule has 1 atom stereocenters. The van der Waals surface area contributed by atoms with Crippen LogP contribution in [0.1, 0.15) is 6.92 Å². The Hall–Kier alpha value is -2.97. The molecular formula is C15H18N4O5. The molecule has 1 saturated heterocycles. The van der Waals surface area contributed by atoms with E-state index in [0.29, 0.717) is 23.8 Å². The van der Waals surface area contributed by atoms with Crippen LogP contribution in [-0.4, -0.2) is 55.9 Å². The first kappa shape index (κ1) is 15.9. The van der Waals surface area contributed by atoms with Crippen LogP contribution in [0.2, 0.25) is 0 Å². The molecule has 128 valence electrons. The smallest absolute Gasteiger partial charge is 0.414 e. The van der Waals surface area contributed by atoms with E-state index < -0.39 is 12.2 Å². The van der Waals surface area contributed by atoms with Gasteiger partial charge in [0.15, 0.2) is 5.84 Å². The lowest BCUT2D eigenvalue weighted by Crippen LogP contribution is -2.36. The average Bonchev–Trinajstić information content (AvgIpc) is 2.94. The molecule has 1 fully saturated rings. The van der Waals surface area contributed by atoms with Gasteiger partial charge in [0.25, 0.3) is 0 Å². The van der Waals surface area contributed by atoms with Gasteiger partial charge < -0.3 is 24.9 Å². The summed E-state index contributed by atoms with van der Waals surface area (Å²) in [6.45, 7) is 2.17. The van der Waals surface area contributed by atoms with Crippen molar-refractivity contribution in [2.45, 2.75) is 13.0 Å². The van der Waals surface area contributed by atoms with Crippen LogP contribution < -0.4 is 19.9 Å². The molecule has 2 aliphatic rings. The summed E-state index contributed by atoms with van der Waals surface area (Å²) in [5.74, 6) is 0.808. The fourth-order valence-electron chi connectivity index (χ4n) is 2.63. The Balaban J connectivity index is 1.77. The van der Waals surface area contributed by atoms with E-state index in [0.717, 1.165) is 5.69 Å². The normalized spacial score (nSPS) is 21.3. The number of ether oxygens (including phenoxy) is 2. The van der Waals surface area contributed by atoms with Gasteiger partial charge in [-0.3, -0.25) is 9.69 Å². The monoisotopic (exact) mass is 334 g/mol. The number of hydrogen-bond acceptors (Lipinski definition) is 6. The first-order valence-electron chi connectivity index (χ1n) is 7.43. The Kier molecular flexibility index (Phi) is 4.15. The summed E-state index contributed by atoms with van der Waals surface area (Å²) in [5.41, 5.74) is 1.38. The fraction of sp³-hybridized carbons (Fsp3) is 0.400. The SMILES string of the molecule is CC(=O)NCC1CN(c2ccc3c(c2)OCC(=NO)N3C)C(=O)O1. The molecule has 0 bridgehead atoms. The van der Waals surface area contributed by atoms with Crippen LogP contribution in [0.4, 0.5) is 16.2 Å². The third-order valence-corrected chi connectivity index (χ3v) is 3.93. The maximum atomic E-state index is 12.0. The standard InChI is InChI=1S/C15H18N4O5/c1-9(20)16-6-11-7-19(15(21)24-11)10-3-4-12-13(5-10)23-8-14(17-22)18(12)2/h3-5,11,22H,6-8H2,1-2H3,(H,16,20). The van der Waals surface area contributed by atoms with Crippen LogP contribution in [0.3, 0.4) is 0 Å². The Bertz CT molecular complexity index is 705. The van der Waals surface area contributed by atoms with Gasteiger partial charge >= 0.3 is 6.09 Å². The molecule has 24 heavy (non-hydrogen) atoms. The zero-order valence-electron chi connectivity index (χ0n) is 13.4. The summed E-state index contributed by atoms with van der Waals surface area (Å²) < 4.78 is 10.8. The van der Waals surface area contributed by atoms with Crippen molar-refractivity contribution in [2.75, 3.05) is 36.5 Å². The zero-order chi connectivity index (χ0) is 17.3. The van der Waals surface area contributed by atoms with E-state index in [1.807, 2.05) is 0 Å². The van der Waals surface area contributed by atoms with Crippen molar-refractivity contribution in [2.24, 2.45) is 5.16 Å². The van der Waals surface area contributed by atoms with E-state index in [9.17, 15) is 9.59 Å². The number of nitrogens with one attached hydrogen (secondary N) is 1. The van der Waals surface area contributed by atoms with Gasteiger partial charge in [-0.1, -0.05) is 5.16 Å². The quantitative estimate of drug-likeness (QED) is 0.625. The highest BCUT2D eigenvalue weighted by Crippen LogP contribution is 2.36. The molecule has 2 aliphatic heterocycles. The highest BCUT2D eigenvalue weighted by Gasteiger charge is 2.33. The summed E-state index contributed by atoms with van der Waals surface area (Å²) in [6.07, 6.45) is -0.860. The molecule has 2 amide bonds. The van der Waals surface area contributed by atoms with Crippen LogP contribution >= 0.6 is 0 Å². The number of nitrogens with zero attached hydrogens (tertiary/aromatic N) is 3. The minimum atomic E-state index is -0.466. The first-order chi connectivity index (χ1) is 11.5. The third-order valence-electron chi connectivity index (χ3n) is 3.93. The number of rotatable bonds is 3. The van der Waals surface area contributed by atoms with Crippen LogP contribution in [0.25, 0.3) is 0 Å². The minimum absolute atomic E-state index is 0.138. The summed E-state index contributed by atoms with van der Waals surface area (Å²) in [7, 11) is 1.77. The molecule has 1 aromatic rings. The van der Waals surface area contributed by atoms with Crippen LogP contribution in [0.5, 0.6) is 5.75 Å². The van der Waals surface area contributed by atoms with E-state index in [-0.39, 0.29) is 19.1 Å². The lowest BCUT2D eigenvalue weighted by atomic mass is 10.2. The Morgan fingerprint density at radius 3 is 3.00 bits per heavy atom. The van der Waals surface area contributed by atoms with Gasteiger partial charge in [-0.05, 0) is 12.1 Å². The number of oxime groups is 1. The van der Waals surface area contributed by atoms with Gasteiger partial charge in [0.2, 0.25) is 5.91 Å². The molecule has 0 aliphatic carbocycles. The van der Waals surface area contributed by atoms with Crippen molar-refractivity contribution in [3.05, 3.63) is 18.2 Å². The minimum Gasteiger partial charge on any atom is -0.483 e. The van der Waals surface area contributed by atoms with Crippen LogP contribution in [-0.2, 0) is 9.53 Å². The Morgan fingerprint density at radius 2 is 2.29 bits per heavy atom. The molecule has 0 radical (unpaired) electrons. The van der Waals surface area contributed by atoms with Crippen molar-refractivity contribution in [3.63, 3.8) is 0 Å². The number of amidine groups is 1. The number of hydrogen-bond donors (Lipinski definition) is 2. The van der Waals surface area contributed by atoms with Crippen molar-refractivity contribution >= 4 is 29.2 Å². The zero-order valence-corrected chi connectivity index (χ0v) is 13.4. The van der Waals surface area contributed by atoms with Gasteiger partial charge in [0, 0.05) is 20.0 Å². The third kappa shape index (κ3) is 2.92. The van der Waals surface area contributed by atoms with Gasteiger partial charge in [-0.25, -0.2) is 4.79 Å². The molecule has 1 aromatic carbocycles. The van der Waals surface area contributed by atoms with E-state index in [4.69, 9.17) is 14.7 Å². The topological polar surface area (TPSA) is 104 Å². The number of amides is 2. The first-order valence-corrected chi connectivity index (χ1v) is 7.43. The number of likely N-dealkylation sites (N-methyl/N-ethyl adjacent to an activating group) is 1. The van der Waals surface area contributed by atoms with Gasteiger partial charge in [0.1, 0.15) is 18.5 Å². The predicted octanol–water partition coefficient (Wildman–Crippen LogP) is 0.764. The van der Waals surface area contributed by atoms with Gasteiger partial charge in [-0.2, -0.15) is 0 Å². The second kappa shape index (κ2) is 6.26. The van der Waals surface area contributed by atoms with Gasteiger partial charge in [0.05, 0.1) is 24.5 Å². The molecule has 0 aromatic heterocycles. The number of benzene rings is 1. The molecule has 2 N–H and O–H groups in total. The van der Waals surface area contributed by atoms with Gasteiger partial charge in [-0.15, -0.1) is 0 Å². The summed E-state index contributed by atoms with van der Waals surface area (Å²) in [6, 6.07) is 5.28. The second-order valence-electron chi connectivity index (χ2n) is 5.57. The number of carbonyl (C=O) groups excluding carboxylic acids is 2. The summed E-state index contributed by atoms with van der Waals surface area (Å²) in [4.78, 5) is 26.2. The number of anilines is 2. The predicted molar refractivity (Wildman–Crippen MR) is 85.9 cm³/mol. The molecule has 0 spiro atoms. The fourth-order valence-corrected chi connectivity index (χ4v) is 2.63. The molecule has 9 heteroatoms. The van der Waals surface area contributed by atoms with Crippen LogP contribution in [0.15, 0.2) is 23.4 Å². The second-order valence-corrected chi connectivity index (χ2v) is 5.57. The maximum absolute atomic E-state index is 12.0. The number of carbonyl (C=O) groups is 2. The lowest BCUT2D eigenvalue weighted by molar-refractivity contribution is -0.119. The average molecular weight is 334 g/mol. The van der Waals surface area contributed by atoms with Crippen molar-refractivity contribution in [3.8, 4) is 5.75 Å². The molecule has 1 unspecified atom stereocenters. The van der Waals surface area contributed by atoms with Crippen molar-refractivity contribution < 1.29 is 24.3 Å². The summed E-state index contributed by atoms with van der Waals surface area (Å²) in [5, 5.41) is 14.8. The van der Waals surface area contributed by atoms with E-state index in [2.05, 4.69) is 10.5 Å². The summed E-state index contributed by atoms with van der Waals surface area (Å²) >= 11 is 0. The Labute approximate surface area is 138 Å². The van der Waals surface area contributed by atoms with E-state index in [1.165, 1.54) is 11.8 Å². The molecule has 9 nitrogen and oxygen atoms in total. The molecule has 2 heterocycles. The van der Waals surface area contributed by atoms with E-state index >= 15 is 0 Å². The Morgan fingerprint density at radius 1 is 1.50 bits per heavy atom. The molecule has 3 rings (SSSR count). The maximum Gasteiger partial charge on any atom is 0.414 e. The largest absolute Gasteiger partial charge is 0.483 e. The molecular weight excluding hydrogens is 316 g/mol. The number of cyclic esters (lactones) is 1. The lowest BCUT2D eigenvalue weighted by Gasteiger charge is -2.28. The number of fused-ring (bicyclic) bond motifs is 1. The van der Waals surface area contributed by atoms with Crippen LogP contribution in [0, 0.1) is 0 Å². The van der Waals surface area contributed by atoms with E-state index in [1.54, 1.807) is 30.1 Å². The van der Waals surface area contributed by atoms with Crippen molar-refractivity contribution in [1.82, 2.24) is 5.32 Å². The highest BCUT2D eigenvalue weighted by atomic mass is 16.6. The highest BCUT2D eigenvalue weighted by molar-refractivity contribution is 6.01. The molecule has 0 saturated carbocycles. The van der Waals surface area contributed by atoms with Crippen molar-refractivity contribution in [1.29, 1.82) is 0 Å².